The standard InChI is InChI=1S/C23H30N2O4/c26-22(16-4-5-16)24-11-8-17(9-12-24)23(27)25-10-1-3-19(25)18-6-7-20-21(15-18)29-14-2-13-28-20/h6-7,15-17,19H,1-5,8-14H2. The summed E-state index contributed by atoms with van der Waals surface area (Å²) in [5, 5.41) is 0. The van der Waals surface area contributed by atoms with Crippen LogP contribution in [0.4, 0.5) is 0 Å². The number of carbonyl (C=O) groups excluding carboxylic acids is 2. The van der Waals surface area contributed by atoms with E-state index >= 15 is 0 Å². The van der Waals surface area contributed by atoms with Crippen molar-refractivity contribution >= 4 is 11.8 Å². The second-order valence-corrected chi connectivity index (χ2v) is 8.82. The largest absolute Gasteiger partial charge is 0.490 e. The van der Waals surface area contributed by atoms with E-state index in [9.17, 15) is 9.59 Å². The van der Waals surface area contributed by atoms with Crippen molar-refractivity contribution < 1.29 is 19.1 Å². The van der Waals surface area contributed by atoms with Crippen LogP contribution in [0, 0.1) is 11.8 Å². The summed E-state index contributed by atoms with van der Waals surface area (Å²) in [5.74, 6) is 2.48. The van der Waals surface area contributed by atoms with Crippen LogP contribution in [0.3, 0.4) is 0 Å². The lowest BCUT2D eigenvalue weighted by molar-refractivity contribution is -0.142. The molecule has 5 rings (SSSR count). The van der Waals surface area contributed by atoms with Gasteiger partial charge in [-0.1, -0.05) is 6.07 Å². The zero-order valence-corrected chi connectivity index (χ0v) is 17.0. The lowest BCUT2D eigenvalue weighted by atomic mass is 9.94. The van der Waals surface area contributed by atoms with E-state index in [-0.39, 0.29) is 23.8 Å². The smallest absolute Gasteiger partial charge is 0.226 e. The summed E-state index contributed by atoms with van der Waals surface area (Å²) in [6.07, 6.45) is 6.59. The van der Waals surface area contributed by atoms with Crippen LogP contribution in [-0.4, -0.2) is 54.5 Å². The van der Waals surface area contributed by atoms with Gasteiger partial charge in [0.05, 0.1) is 19.3 Å². The van der Waals surface area contributed by atoms with E-state index in [1.54, 1.807) is 0 Å². The summed E-state index contributed by atoms with van der Waals surface area (Å²) >= 11 is 0. The molecule has 1 aliphatic carbocycles. The maximum atomic E-state index is 13.3. The first-order chi connectivity index (χ1) is 14.2. The molecule has 1 atom stereocenters. The third-order valence-electron chi connectivity index (χ3n) is 6.77. The van der Waals surface area contributed by atoms with Crippen molar-refractivity contribution in [3.05, 3.63) is 23.8 Å². The molecule has 29 heavy (non-hydrogen) atoms. The molecule has 6 heteroatoms. The quantitative estimate of drug-likeness (QED) is 0.785. The first-order valence-electron chi connectivity index (χ1n) is 11.2. The van der Waals surface area contributed by atoms with Crippen LogP contribution >= 0.6 is 0 Å². The van der Waals surface area contributed by atoms with E-state index in [4.69, 9.17) is 9.47 Å². The van der Waals surface area contributed by atoms with Gasteiger partial charge in [-0.3, -0.25) is 9.59 Å². The predicted octanol–water partition coefficient (Wildman–Crippen LogP) is 3.16. The van der Waals surface area contributed by atoms with Crippen molar-refractivity contribution in [3.63, 3.8) is 0 Å². The molecule has 2 amide bonds. The molecule has 0 N–H and O–H groups in total. The first kappa shape index (κ1) is 18.8. The highest BCUT2D eigenvalue weighted by Crippen LogP contribution is 2.39. The fourth-order valence-corrected chi connectivity index (χ4v) is 4.93. The fourth-order valence-electron chi connectivity index (χ4n) is 4.93. The van der Waals surface area contributed by atoms with Gasteiger partial charge in [-0.05, 0) is 56.2 Å². The Labute approximate surface area is 172 Å². The number of carbonyl (C=O) groups is 2. The summed E-state index contributed by atoms with van der Waals surface area (Å²) in [6, 6.07) is 6.25. The van der Waals surface area contributed by atoms with E-state index in [0.29, 0.717) is 19.1 Å². The molecule has 2 saturated heterocycles. The fraction of sp³-hybridized carbons (Fsp3) is 0.652. The third kappa shape index (κ3) is 3.81. The number of piperidine rings is 1. The van der Waals surface area contributed by atoms with E-state index in [0.717, 1.165) is 81.6 Å². The van der Waals surface area contributed by atoms with E-state index in [1.165, 1.54) is 0 Å². The molecular formula is C23H30N2O4. The Morgan fingerprint density at radius 1 is 0.793 bits per heavy atom. The number of fused-ring (bicyclic) bond motifs is 1. The Balaban J connectivity index is 1.25. The number of rotatable bonds is 3. The Bertz CT molecular complexity index is 783. The molecule has 3 fully saturated rings. The number of likely N-dealkylation sites (tertiary alicyclic amines) is 2. The van der Waals surface area contributed by atoms with Gasteiger partial charge in [0.1, 0.15) is 0 Å². The number of amides is 2. The molecule has 0 spiro atoms. The molecule has 4 aliphatic rings. The number of hydrogen-bond donors (Lipinski definition) is 0. The lowest BCUT2D eigenvalue weighted by Crippen LogP contribution is -2.44. The highest BCUT2D eigenvalue weighted by molar-refractivity contribution is 5.82. The minimum Gasteiger partial charge on any atom is -0.490 e. The van der Waals surface area contributed by atoms with Gasteiger partial charge in [0.15, 0.2) is 11.5 Å². The van der Waals surface area contributed by atoms with Crippen LogP contribution in [-0.2, 0) is 9.59 Å². The van der Waals surface area contributed by atoms with Crippen molar-refractivity contribution in [1.82, 2.24) is 9.80 Å². The van der Waals surface area contributed by atoms with Crippen molar-refractivity contribution in [3.8, 4) is 11.5 Å². The zero-order valence-electron chi connectivity index (χ0n) is 17.0. The molecule has 1 saturated carbocycles. The average molecular weight is 399 g/mol. The summed E-state index contributed by atoms with van der Waals surface area (Å²) in [4.78, 5) is 29.6. The van der Waals surface area contributed by atoms with Gasteiger partial charge in [0.2, 0.25) is 11.8 Å². The Kier molecular flexibility index (Phi) is 5.10. The minimum atomic E-state index is 0.0410. The van der Waals surface area contributed by atoms with E-state index in [1.807, 2.05) is 11.0 Å². The normalized spacial score (nSPS) is 25.0. The van der Waals surface area contributed by atoms with Gasteiger partial charge in [0, 0.05) is 37.9 Å². The molecule has 3 heterocycles. The van der Waals surface area contributed by atoms with Crippen LogP contribution in [0.5, 0.6) is 11.5 Å². The number of benzene rings is 1. The summed E-state index contributed by atoms with van der Waals surface area (Å²) in [5.41, 5.74) is 1.14. The van der Waals surface area contributed by atoms with Crippen LogP contribution in [0.15, 0.2) is 18.2 Å². The van der Waals surface area contributed by atoms with Gasteiger partial charge in [-0.2, -0.15) is 0 Å². The van der Waals surface area contributed by atoms with Crippen LogP contribution in [0.1, 0.15) is 56.6 Å². The number of ether oxygens (including phenoxy) is 2. The monoisotopic (exact) mass is 398 g/mol. The van der Waals surface area contributed by atoms with Crippen molar-refractivity contribution in [1.29, 1.82) is 0 Å². The Morgan fingerprint density at radius 2 is 1.52 bits per heavy atom. The van der Waals surface area contributed by atoms with Gasteiger partial charge in [-0.25, -0.2) is 0 Å². The molecule has 6 nitrogen and oxygen atoms in total. The third-order valence-corrected chi connectivity index (χ3v) is 6.77. The topological polar surface area (TPSA) is 59.1 Å². The van der Waals surface area contributed by atoms with E-state index in [2.05, 4.69) is 17.0 Å². The Hall–Kier alpha value is -2.24. The maximum Gasteiger partial charge on any atom is 0.226 e. The summed E-state index contributed by atoms with van der Waals surface area (Å²) in [7, 11) is 0. The maximum absolute atomic E-state index is 13.3. The summed E-state index contributed by atoms with van der Waals surface area (Å²) < 4.78 is 11.6. The molecule has 3 aliphatic heterocycles. The van der Waals surface area contributed by atoms with Crippen LogP contribution in [0.25, 0.3) is 0 Å². The predicted molar refractivity (Wildman–Crippen MR) is 108 cm³/mol. The molecule has 1 unspecified atom stereocenters. The average Bonchev–Trinajstić information content (AvgIpc) is 3.54. The lowest BCUT2D eigenvalue weighted by Gasteiger charge is -2.35. The van der Waals surface area contributed by atoms with Gasteiger partial charge in [-0.15, -0.1) is 0 Å². The second-order valence-electron chi connectivity index (χ2n) is 8.82. The van der Waals surface area contributed by atoms with Crippen molar-refractivity contribution in [2.45, 2.75) is 51.0 Å². The van der Waals surface area contributed by atoms with Crippen molar-refractivity contribution in [2.75, 3.05) is 32.8 Å². The van der Waals surface area contributed by atoms with Crippen LogP contribution < -0.4 is 9.47 Å². The molecule has 156 valence electrons. The first-order valence-corrected chi connectivity index (χ1v) is 11.2. The summed E-state index contributed by atoms with van der Waals surface area (Å²) in [6.45, 7) is 3.63. The van der Waals surface area contributed by atoms with Gasteiger partial charge < -0.3 is 19.3 Å². The molecule has 0 aromatic heterocycles. The van der Waals surface area contributed by atoms with Gasteiger partial charge >= 0.3 is 0 Å². The van der Waals surface area contributed by atoms with E-state index < -0.39 is 0 Å². The molecule has 1 aromatic carbocycles. The van der Waals surface area contributed by atoms with Gasteiger partial charge in [0.25, 0.3) is 0 Å². The number of nitrogens with zero attached hydrogens (tertiary/aromatic N) is 2. The molecule has 0 radical (unpaired) electrons. The molecule has 1 aromatic rings. The SMILES string of the molecule is O=C(C1CC1)N1CCC(C(=O)N2CCCC2c2ccc3c(c2)OCCCO3)CC1. The zero-order chi connectivity index (χ0) is 19.8. The minimum absolute atomic E-state index is 0.0410. The van der Waals surface area contributed by atoms with Crippen molar-refractivity contribution in [2.24, 2.45) is 11.8 Å². The molecular weight excluding hydrogens is 368 g/mol. The van der Waals surface area contributed by atoms with Crippen LogP contribution in [0.2, 0.25) is 0 Å². The number of hydrogen-bond acceptors (Lipinski definition) is 4. The highest BCUT2D eigenvalue weighted by atomic mass is 16.5. The Morgan fingerprint density at radius 3 is 2.28 bits per heavy atom. The highest BCUT2D eigenvalue weighted by Gasteiger charge is 2.39. The second kappa shape index (κ2) is 7.88. The molecule has 0 bridgehead atoms.